The highest BCUT2D eigenvalue weighted by atomic mass is 16.5. The molecular weight excluding hydrogens is 456 g/mol. The van der Waals surface area contributed by atoms with Crippen molar-refractivity contribution in [3.63, 3.8) is 0 Å². The first-order valence-corrected chi connectivity index (χ1v) is 12.0. The Morgan fingerprint density at radius 1 is 0.944 bits per heavy atom. The molecule has 0 spiro atoms. The number of nitrogens with one attached hydrogen (secondary N) is 1. The predicted molar refractivity (Wildman–Crippen MR) is 139 cm³/mol. The van der Waals surface area contributed by atoms with Crippen molar-refractivity contribution >= 4 is 22.6 Å². The Labute approximate surface area is 210 Å². The summed E-state index contributed by atoms with van der Waals surface area (Å²) in [4.78, 5) is 15.6. The third kappa shape index (κ3) is 4.67. The zero-order valence-corrected chi connectivity index (χ0v) is 20.7. The molecule has 36 heavy (non-hydrogen) atoms. The zero-order chi connectivity index (χ0) is 25.1. The molecule has 0 bridgehead atoms. The maximum absolute atomic E-state index is 13.3. The summed E-state index contributed by atoms with van der Waals surface area (Å²) < 4.78 is 23.2. The van der Waals surface area contributed by atoms with Gasteiger partial charge in [-0.1, -0.05) is 35.9 Å². The van der Waals surface area contributed by atoms with Crippen molar-refractivity contribution < 1.29 is 23.4 Å². The number of furan rings is 1. The molecule has 1 aliphatic heterocycles. The van der Waals surface area contributed by atoms with E-state index in [1.807, 2.05) is 73.7 Å². The lowest BCUT2D eigenvalue weighted by atomic mass is 9.99. The number of aryl methyl sites for hydroxylation is 1. The number of benzene rings is 3. The zero-order valence-electron chi connectivity index (χ0n) is 20.7. The van der Waals surface area contributed by atoms with Crippen LogP contribution < -0.4 is 14.8 Å². The van der Waals surface area contributed by atoms with E-state index in [4.69, 9.17) is 18.6 Å². The Balaban J connectivity index is 1.64. The summed E-state index contributed by atoms with van der Waals surface area (Å²) in [6.45, 7) is 4.69. The smallest absolute Gasteiger partial charge is 0.255 e. The number of carbonyl (C=O) groups excluding carboxylic acids is 1. The molecule has 1 fully saturated rings. The van der Waals surface area contributed by atoms with Gasteiger partial charge in [0.25, 0.3) is 5.91 Å². The molecule has 0 radical (unpaired) electrons. The lowest BCUT2D eigenvalue weighted by molar-refractivity contribution is 0.0206. The van der Waals surface area contributed by atoms with E-state index >= 15 is 0 Å². The lowest BCUT2D eigenvalue weighted by Gasteiger charge is -2.34. The molecule has 4 aromatic rings. The fourth-order valence-electron chi connectivity index (χ4n) is 4.66. The SMILES string of the molecule is COc1ccc([C@H](c2oc3ccccc3c2NC(=O)c2ccc(C)cc2)N2CCOCC2)cc1OC. The molecule has 0 unspecified atom stereocenters. The number of para-hydroxylation sites is 1. The van der Waals surface area contributed by atoms with Gasteiger partial charge in [-0.15, -0.1) is 0 Å². The molecule has 1 atom stereocenters. The van der Waals surface area contributed by atoms with Crippen LogP contribution in [0.3, 0.4) is 0 Å². The van der Waals surface area contributed by atoms with Crippen molar-refractivity contribution in [1.29, 1.82) is 0 Å². The average molecular weight is 487 g/mol. The van der Waals surface area contributed by atoms with Gasteiger partial charge in [-0.25, -0.2) is 0 Å². The van der Waals surface area contributed by atoms with Gasteiger partial charge in [0.15, 0.2) is 11.5 Å². The normalized spacial score (nSPS) is 15.0. The summed E-state index contributed by atoms with van der Waals surface area (Å²) in [6.07, 6.45) is 0. The molecule has 3 aromatic carbocycles. The van der Waals surface area contributed by atoms with E-state index in [0.717, 1.165) is 29.6 Å². The van der Waals surface area contributed by atoms with Crippen LogP contribution in [-0.2, 0) is 4.74 Å². The Morgan fingerprint density at radius 2 is 1.67 bits per heavy atom. The monoisotopic (exact) mass is 486 g/mol. The number of hydrogen-bond donors (Lipinski definition) is 1. The molecule has 0 aliphatic carbocycles. The third-order valence-electron chi connectivity index (χ3n) is 6.56. The van der Waals surface area contributed by atoms with E-state index in [1.165, 1.54) is 0 Å². The van der Waals surface area contributed by atoms with Gasteiger partial charge in [-0.2, -0.15) is 0 Å². The molecular formula is C29H30N2O5. The molecule has 186 valence electrons. The topological polar surface area (TPSA) is 73.2 Å². The van der Waals surface area contributed by atoms with Crippen molar-refractivity contribution in [3.05, 3.63) is 89.2 Å². The molecule has 1 amide bonds. The predicted octanol–water partition coefficient (Wildman–Crippen LogP) is 5.43. The van der Waals surface area contributed by atoms with Crippen molar-refractivity contribution in [1.82, 2.24) is 4.90 Å². The van der Waals surface area contributed by atoms with E-state index in [1.54, 1.807) is 14.2 Å². The molecule has 7 heteroatoms. The number of nitrogens with zero attached hydrogens (tertiary/aromatic N) is 1. The largest absolute Gasteiger partial charge is 0.493 e. The molecule has 2 heterocycles. The van der Waals surface area contributed by atoms with Crippen LogP contribution in [0.25, 0.3) is 11.0 Å². The Bertz CT molecular complexity index is 1360. The van der Waals surface area contributed by atoms with Crippen LogP contribution in [0.2, 0.25) is 0 Å². The van der Waals surface area contributed by atoms with E-state index in [-0.39, 0.29) is 11.9 Å². The number of anilines is 1. The van der Waals surface area contributed by atoms with Gasteiger partial charge in [0, 0.05) is 24.0 Å². The minimum atomic E-state index is -0.269. The van der Waals surface area contributed by atoms with Gasteiger partial charge in [0.2, 0.25) is 0 Å². The van der Waals surface area contributed by atoms with Gasteiger partial charge >= 0.3 is 0 Å². The molecule has 1 saturated heterocycles. The number of fused-ring (bicyclic) bond motifs is 1. The lowest BCUT2D eigenvalue weighted by Crippen LogP contribution is -2.39. The first kappa shape index (κ1) is 23.9. The van der Waals surface area contributed by atoms with Crippen molar-refractivity contribution in [2.45, 2.75) is 13.0 Å². The van der Waals surface area contributed by atoms with Gasteiger partial charge in [-0.3, -0.25) is 9.69 Å². The van der Waals surface area contributed by atoms with E-state index < -0.39 is 0 Å². The highest BCUT2D eigenvalue weighted by Gasteiger charge is 2.32. The van der Waals surface area contributed by atoms with E-state index in [9.17, 15) is 4.79 Å². The maximum Gasteiger partial charge on any atom is 0.255 e. The van der Waals surface area contributed by atoms with Crippen molar-refractivity contribution in [3.8, 4) is 11.5 Å². The number of rotatable bonds is 7. The van der Waals surface area contributed by atoms with Crippen LogP contribution in [0.4, 0.5) is 5.69 Å². The minimum absolute atomic E-state index is 0.184. The number of morpholine rings is 1. The van der Waals surface area contributed by atoms with Crippen LogP contribution in [-0.4, -0.2) is 51.3 Å². The van der Waals surface area contributed by atoms with Crippen LogP contribution in [0, 0.1) is 6.92 Å². The second kappa shape index (κ2) is 10.4. The number of ether oxygens (including phenoxy) is 3. The highest BCUT2D eigenvalue weighted by Crippen LogP contribution is 2.42. The molecule has 1 aliphatic rings. The molecule has 7 nitrogen and oxygen atoms in total. The van der Waals surface area contributed by atoms with E-state index in [2.05, 4.69) is 10.2 Å². The third-order valence-corrected chi connectivity index (χ3v) is 6.56. The second-order valence-corrected chi connectivity index (χ2v) is 8.82. The van der Waals surface area contributed by atoms with Gasteiger partial charge in [0.1, 0.15) is 11.3 Å². The average Bonchev–Trinajstić information content (AvgIpc) is 3.27. The fourth-order valence-corrected chi connectivity index (χ4v) is 4.66. The van der Waals surface area contributed by atoms with Crippen LogP contribution in [0.1, 0.15) is 33.3 Å². The summed E-state index contributed by atoms with van der Waals surface area (Å²) in [5.74, 6) is 1.77. The summed E-state index contributed by atoms with van der Waals surface area (Å²) in [6, 6.07) is 20.9. The number of amides is 1. The summed E-state index contributed by atoms with van der Waals surface area (Å²) >= 11 is 0. The van der Waals surface area contributed by atoms with Crippen LogP contribution >= 0.6 is 0 Å². The molecule has 1 aromatic heterocycles. The fraction of sp³-hybridized carbons (Fsp3) is 0.276. The molecule has 1 N–H and O–H groups in total. The number of methoxy groups -OCH3 is 2. The quantitative estimate of drug-likeness (QED) is 0.375. The van der Waals surface area contributed by atoms with Gasteiger partial charge < -0.3 is 23.9 Å². The maximum atomic E-state index is 13.3. The summed E-state index contributed by atoms with van der Waals surface area (Å²) in [7, 11) is 3.24. The summed E-state index contributed by atoms with van der Waals surface area (Å²) in [5, 5.41) is 4.02. The Kier molecular flexibility index (Phi) is 6.93. The molecule has 0 saturated carbocycles. The van der Waals surface area contributed by atoms with Gasteiger partial charge in [-0.05, 0) is 48.9 Å². The Morgan fingerprint density at radius 3 is 2.39 bits per heavy atom. The minimum Gasteiger partial charge on any atom is -0.493 e. The first-order valence-electron chi connectivity index (χ1n) is 12.0. The van der Waals surface area contributed by atoms with Crippen LogP contribution in [0.15, 0.2) is 71.1 Å². The van der Waals surface area contributed by atoms with Crippen molar-refractivity contribution in [2.24, 2.45) is 0 Å². The van der Waals surface area contributed by atoms with Crippen LogP contribution in [0.5, 0.6) is 11.5 Å². The van der Waals surface area contributed by atoms with Gasteiger partial charge in [0.05, 0.1) is 39.2 Å². The molecule has 5 rings (SSSR count). The summed E-state index contributed by atoms with van der Waals surface area (Å²) in [5.41, 5.74) is 4.04. The first-order chi connectivity index (χ1) is 17.6. The highest BCUT2D eigenvalue weighted by molar-refractivity contribution is 6.09. The van der Waals surface area contributed by atoms with Crippen molar-refractivity contribution in [2.75, 3.05) is 45.8 Å². The standard InChI is InChI=1S/C29H30N2O5/c1-19-8-10-20(11-9-19)29(32)30-26-22-6-4-5-7-23(22)36-28(26)27(31-14-16-35-17-15-31)21-12-13-24(33-2)25(18-21)34-3/h4-13,18,27H,14-17H2,1-3H3,(H,30,32)/t27-/m1/s1. The second-order valence-electron chi connectivity index (χ2n) is 8.82. The Hall–Kier alpha value is -3.81. The number of hydrogen-bond acceptors (Lipinski definition) is 6. The number of carbonyl (C=O) groups is 1. The van der Waals surface area contributed by atoms with E-state index in [0.29, 0.717) is 47.3 Å².